The van der Waals surface area contributed by atoms with E-state index >= 15 is 0 Å². The Bertz CT molecular complexity index is 2210. The summed E-state index contributed by atoms with van der Waals surface area (Å²) in [5.74, 6) is 1.57. The van der Waals surface area contributed by atoms with Crippen LogP contribution >= 0.6 is 0 Å². The van der Waals surface area contributed by atoms with Crippen molar-refractivity contribution in [2.75, 3.05) is 46.5 Å². The number of imidazole rings is 2. The molecular formula is C47H56N8O5. The molecule has 3 aromatic carbocycles. The maximum Gasteiger partial charge on any atom is 0.407 e. The number of hydrogen-bond acceptors (Lipinski definition) is 8. The van der Waals surface area contributed by atoms with Crippen molar-refractivity contribution < 1.29 is 23.9 Å². The van der Waals surface area contributed by atoms with E-state index in [1.165, 1.54) is 7.11 Å². The Morgan fingerprint density at radius 2 is 1.23 bits per heavy atom. The first kappa shape index (κ1) is 41.0. The Kier molecular flexibility index (Phi) is 12.7. The van der Waals surface area contributed by atoms with Crippen molar-refractivity contribution in [1.82, 2.24) is 40.0 Å². The Morgan fingerprint density at radius 1 is 0.733 bits per heavy atom. The van der Waals surface area contributed by atoms with Crippen molar-refractivity contribution in [1.29, 1.82) is 0 Å². The number of methoxy groups -OCH3 is 1. The van der Waals surface area contributed by atoms with Crippen LogP contribution in [0.2, 0.25) is 0 Å². The van der Waals surface area contributed by atoms with Gasteiger partial charge in [0.25, 0.3) is 0 Å². The maximum atomic E-state index is 14.2. The number of likely N-dealkylation sites (N-methyl/N-ethyl adjacent to an activating group) is 1. The first-order valence-corrected chi connectivity index (χ1v) is 21.5. The standard InChI is InChI=1S/C47H56N8O5/c1-4-53(5-2)42(36-11-7-6-8-12-36)46(57)55-26-10-14-40(55)44-49-30-38(51-44)34-21-17-32(18-22-34)31-15-19-33(20-16-31)37-29-48-43(50-37)39-13-9-25-54(39)45(56)41(52-47(58)59-3)35-23-27-60-28-24-35/h6-8,11-12,15-22,29-30,35,39-42H,4-5,9-10,13-14,23-28H2,1-3H3,(H,48,50)(H,49,51)(H,52,58)/t39-,40-,41-,42?/m0/s1. The topological polar surface area (TPSA) is 149 Å². The zero-order valence-electron chi connectivity index (χ0n) is 34.8. The molecule has 3 amide bonds. The summed E-state index contributed by atoms with van der Waals surface area (Å²) < 4.78 is 10.4. The van der Waals surface area contributed by atoms with E-state index < -0.39 is 12.1 Å². The second-order valence-electron chi connectivity index (χ2n) is 16.0. The van der Waals surface area contributed by atoms with E-state index in [1.807, 2.05) is 40.4 Å². The molecule has 1 unspecified atom stereocenters. The minimum Gasteiger partial charge on any atom is -0.453 e. The first-order valence-electron chi connectivity index (χ1n) is 21.5. The highest BCUT2D eigenvalue weighted by molar-refractivity contribution is 5.87. The number of H-pyrrole nitrogens is 2. The monoisotopic (exact) mass is 812 g/mol. The van der Waals surface area contributed by atoms with Crippen molar-refractivity contribution in [3.8, 4) is 33.6 Å². The van der Waals surface area contributed by atoms with E-state index in [1.54, 1.807) is 0 Å². The number of carbonyl (C=O) groups excluding carboxylic acids is 3. The molecule has 0 spiro atoms. The SMILES string of the molecule is CCN(CC)C(C(=O)N1CCC[C@H]1c1ncc(-c2ccc(-c3ccc(-c4cnc([C@@H]5CCCN5C(=O)[C@@H](NC(=O)OC)C5CCOCC5)[nH]4)cc3)cc2)[nH]1)c1ccccc1. The van der Waals surface area contributed by atoms with Gasteiger partial charge in [-0.2, -0.15) is 0 Å². The maximum absolute atomic E-state index is 14.2. The predicted octanol–water partition coefficient (Wildman–Crippen LogP) is 7.70. The number of rotatable bonds is 13. The van der Waals surface area contributed by atoms with Crippen molar-refractivity contribution in [2.24, 2.45) is 5.92 Å². The van der Waals surface area contributed by atoms with Gasteiger partial charge in [-0.25, -0.2) is 14.8 Å². The molecule has 0 saturated carbocycles. The van der Waals surface area contributed by atoms with Gasteiger partial charge in [0, 0.05) is 26.3 Å². The highest BCUT2D eigenvalue weighted by Crippen LogP contribution is 2.37. The molecule has 60 heavy (non-hydrogen) atoms. The van der Waals surface area contributed by atoms with E-state index in [0.29, 0.717) is 39.1 Å². The lowest BCUT2D eigenvalue weighted by atomic mass is 9.90. The Morgan fingerprint density at radius 3 is 1.73 bits per heavy atom. The van der Waals surface area contributed by atoms with E-state index in [9.17, 15) is 14.4 Å². The van der Waals surface area contributed by atoms with E-state index in [0.717, 1.165) is 89.6 Å². The van der Waals surface area contributed by atoms with Crippen LogP contribution in [-0.2, 0) is 19.1 Å². The van der Waals surface area contributed by atoms with Gasteiger partial charge in [-0.15, -0.1) is 0 Å². The van der Waals surface area contributed by atoms with Crippen molar-refractivity contribution in [2.45, 2.75) is 76.5 Å². The Balaban J connectivity index is 0.924. The van der Waals surface area contributed by atoms with Gasteiger partial charge in [-0.05, 0) is 85.3 Å². The minimum atomic E-state index is -0.675. The fourth-order valence-corrected chi connectivity index (χ4v) is 9.30. The number of likely N-dealkylation sites (tertiary alicyclic amines) is 2. The average molecular weight is 813 g/mol. The summed E-state index contributed by atoms with van der Waals surface area (Å²) in [6.07, 6.45) is 7.96. The summed E-state index contributed by atoms with van der Waals surface area (Å²) in [7, 11) is 1.31. The number of ether oxygens (including phenoxy) is 2. The van der Waals surface area contributed by atoms with Crippen LogP contribution in [0.3, 0.4) is 0 Å². The van der Waals surface area contributed by atoms with Gasteiger partial charge in [0.2, 0.25) is 11.8 Å². The third-order valence-corrected chi connectivity index (χ3v) is 12.6. The minimum absolute atomic E-state index is 0.0187. The third-order valence-electron chi connectivity index (χ3n) is 12.6. The van der Waals surface area contributed by atoms with Gasteiger partial charge in [-0.3, -0.25) is 14.5 Å². The van der Waals surface area contributed by atoms with Crippen molar-refractivity contribution in [3.63, 3.8) is 0 Å². The lowest BCUT2D eigenvalue weighted by molar-refractivity contribution is -0.138. The number of amides is 3. The highest BCUT2D eigenvalue weighted by Gasteiger charge is 2.41. The molecule has 3 aliphatic heterocycles. The summed E-state index contributed by atoms with van der Waals surface area (Å²) in [6, 6.07) is 25.6. The molecule has 3 fully saturated rings. The molecule has 13 heteroatoms. The Labute approximate surface area is 351 Å². The fourth-order valence-electron chi connectivity index (χ4n) is 9.30. The summed E-state index contributed by atoms with van der Waals surface area (Å²) >= 11 is 0. The number of alkyl carbamates (subject to hydrolysis) is 1. The quantitative estimate of drug-likeness (QED) is 0.110. The molecule has 314 valence electrons. The molecule has 0 bridgehead atoms. The lowest BCUT2D eigenvalue weighted by Crippen LogP contribution is -2.53. The molecule has 8 rings (SSSR count). The predicted molar refractivity (Wildman–Crippen MR) is 229 cm³/mol. The molecule has 13 nitrogen and oxygen atoms in total. The summed E-state index contributed by atoms with van der Waals surface area (Å²) in [5, 5.41) is 2.82. The second kappa shape index (κ2) is 18.6. The number of carbonyl (C=O) groups is 3. The van der Waals surface area contributed by atoms with Crippen LogP contribution < -0.4 is 5.32 Å². The molecule has 2 aromatic heterocycles. The number of nitrogens with one attached hydrogen (secondary N) is 3. The molecule has 0 radical (unpaired) electrons. The van der Waals surface area contributed by atoms with E-state index in [4.69, 9.17) is 19.4 Å². The van der Waals surface area contributed by atoms with E-state index in [2.05, 4.69) is 94.7 Å². The Hall–Kier alpha value is -5.79. The largest absolute Gasteiger partial charge is 0.453 e. The van der Waals surface area contributed by atoms with E-state index in [-0.39, 0.29) is 35.9 Å². The molecule has 3 aliphatic rings. The number of hydrogen-bond donors (Lipinski definition) is 3. The number of nitrogens with zero attached hydrogens (tertiary/aromatic N) is 5. The highest BCUT2D eigenvalue weighted by atomic mass is 16.5. The van der Waals surface area contributed by atoms with Crippen molar-refractivity contribution in [3.05, 3.63) is 108 Å². The van der Waals surface area contributed by atoms with Crippen LogP contribution in [0.1, 0.15) is 87.7 Å². The van der Waals surface area contributed by atoms with Gasteiger partial charge in [0.05, 0.1) is 43.0 Å². The molecule has 5 heterocycles. The molecule has 3 saturated heterocycles. The lowest BCUT2D eigenvalue weighted by Gasteiger charge is -2.34. The zero-order chi connectivity index (χ0) is 41.6. The van der Waals surface area contributed by atoms with Gasteiger partial charge in [0.15, 0.2) is 0 Å². The smallest absolute Gasteiger partial charge is 0.407 e. The summed E-state index contributed by atoms with van der Waals surface area (Å²) in [6.45, 7) is 8.26. The van der Waals surface area contributed by atoms with Gasteiger partial charge in [0.1, 0.15) is 23.7 Å². The average Bonchev–Trinajstić information content (AvgIpc) is 4.15. The number of aromatic nitrogens is 4. The van der Waals surface area contributed by atoms with Crippen LogP contribution in [0.25, 0.3) is 33.6 Å². The van der Waals surface area contributed by atoms with Crippen LogP contribution in [0.4, 0.5) is 4.79 Å². The molecule has 0 aliphatic carbocycles. The second-order valence-corrected chi connectivity index (χ2v) is 16.0. The molecule has 5 aromatic rings. The normalized spacial score (nSPS) is 19.4. The van der Waals surface area contributed by atoms with Crippen LogP contribution in [0.15, 0.2) is 91.3 Å². The van der Waals surface area contributed by atoms with Crippen LogP contribution in [0, 0.1) is 5.92 Å². The fraction of sp³-hybridized carbons (Fsp3) is 0.426. The molecule has 3 N–H and O–H groups in total. The molecule has 4 atom stereocenters. The number of aromatic amines is 2. The third kappa shape index (κ3) is 8.60. The van der Waals surface area contributed by atoms with Crippen molar-refractivity contribution >= 4 is 17.9 Å². The number of benzene rings is 3. The first-order chi connectivity index (χ1) is 29.4. The van der Waals surface area contributed by atoms with Gasteiger partial charge >= 0.3 is 6.09 Å². The summed E-state index contributed by atoms with van der Waals surface area (Å²) in [5.41, 5.74) is 7.02. The van der Waals surface area contributed by atoms with Gasteiger partial charge in [-0.1, -0.05) is 92.7 Å². The van der Waals surface area contributed by atoms with Crippen LogP contribution in [-0.4, -0.2) is 105 Å². The zero-order valence-corrected chi connectivity index (χ0v) is 34.8. The van der Waals surface area contributed by atoms with Crippen LogP contribution in [0.5, 0.6) is 0 Å². The molecular weight excluding hydrogens is 757 g/mol. The van der Waals surface area contributed by atoms with Gasteiger partial charge < -0.3 is 34.6 Å². The summed E-state index contributed by atoms with van der Waals surface area (Å²) in [4.78, 5) is 63.2.